The Bertz CT molecular complexity index is 1970. The van der Waals surface area contributed by atoms with E-state index in [2.05, 4.69) is 135 Å². The normalized spacial score (nSPS) is 18.6. The Morgan fingerprint density at radius 3 is 1.20 bits per heavy atom. The molecule has 11 nitrogen and oxygen atoms in total. The molecular weight excluding hydrogens is 1150 g/mol. The zero-order valence-corrected chi connectivity index (χ0v) is 58.9. The lowest BCUT2D eigenvalue weighted by Crippen LogP contribution is -2.61. The van der Waals surface area contributed by atoms with Crippen LogP contribution in [0.5, 0.6) is 0 Å². The van der Waals surface area contributed by atoms with Crippen molar-refractivity contribution in [2.45, 2.75) is 365 Å². The Hall–Kier alpha value is -3.94. The van der Waals surface area contributed by atoms with Crippen molar-refractivity contribution in [3.05, 3.63) is 122 Å². The topological polar surface area (TPSA) is 175 Å². The summed E-state index contributed by atoms with van der Waals surface area (Å²) < 4.78 is 17.7. The van der Waals surface area contributed by atoms with E-state index in [1.54, 1.807) is 6.08 Å². The van der Waals surface area contributed by atoms with Crippen molar-refractivity contribution >= 4 is 11.9 Å². The highest BCUT2D eigenvalue weighted by Crippen LogP contribution is 2.26. The van der Waals surface area contributed by atoms with Crippen molar-refractivity contribution in [2.75, 3.05) is 13.2 Å². The van der Waals surface area contributed by atoms with Crippen LogP contribution in [0.1, 0.15) is 316 Å². The van der Waals surface area contributed by atoms with E-state index < -0.39 is 67.4 Å². The molecule has 0 spiro atoms. The number of hydrogen-bond donors (Lipinski definition) is 6. The van der Waals surface area contributed by atoms with Gasteiger partial charge in [0.25, 0.3) is 0 Å². The fourth-order valence-corrected chi connectivity index (χ4v) is 11.2. The van der Waals surface area contributed by atoms with Crippen molar-refractivity contribution < 1.29 is 49.3 Å². The van der Waals surface area contributed by atoms with Gasteiger partial charge in [-0.15, -0.1) is 0 Å². The van der Waals surface area contributed by atoms with Gasteiger partial charge in [-0.1, -0.05) is 316 Å². The van der Waals surface area contributed by atoms with Gasteiger partial charge in [0.1, 0.15) is 24.4 Å². The van der Waals surface area contributed by atoms with Gasteiger partial charge in [-0.2, -0.15) is 0 Å². The van der Waals surface area contributed by atoms with E-state index in [1.165, 1.54) is 141 Å². The highest BCUT2D eigenvalue weighted by molar-refractivity contribution is 5.80. The zero-order chi connectivity index (χ0) is 66.7. The van der Waals surface area contributed by atoms with Gasteiger partial charge in [0, 0.05) is 6.42 Å². The molecule has 0 bridgehead atoms. The summed E-state index contributed by atoms with van der Waals surface area (Å²) >= 11 is 0. The summed E-state index contributed by atoms with van der Waals surface area (Å²) in [4.78, 5) is 26.7. The van der Waals surface area contributed by atoms with E-state index in [9.17, 15) is 35.1 Å². The van der Waals surface area contributed by atoms with E-state index in [0.29, 0.717) is 12.8 Å². The second kappa shape index (κ2) is 67.1. The first-order chi connectivity index (χ1) is 45.2. The van der Waals surface area contributed by atoms with Gasteiger partial charge in [-0.25, -0.2) is 0 Å². The number of allylic oxidation sites excluding steroid dienone is 19. The summed E-state index contributed by atoms with van der Waals surface area (Å²) in [7, 11) is 0. The minimum atomic E-state index is -1.63. The molecule has 1 saturated heterocycles. The third-order valence-electron chi connectivity index (χ3n) is 17.1. The number of nitrogens with one attached hydrogen (secondary N) is 1. The molecule has 528 valence electrons. The lowest BCUT2D eigenvalue weighted by atomic mass is 9.99. The van der Waals surface area contributed by atoms with Gasteiger partial charge >= 0.3 is 5.97 Å². The Morgan fingerprint density at radius 2 is 0.783 bits per heavy atom. The summed E-state index contributed by atoms with van der Waals surface area (Å²) in [5.41, 5.74) is 0. The van der Waals surface area contributed by atoms with Crippen molar-refractivity contribution in [2.24, 2.45) is 0 Å². The Balaban J connectivity index is 2.55. The standard InChI is InChI=1S/C81H139NO10/c1-4-7-10-13-16-19-22-25-27-29-31-33-35-37-39-40-42-44-46-48-50-53-56-59-62-65-68-74(85)80(89)82-72(73(84)67-64-61-58-55-52-24-21-18-15-12-9-6-3)71-90-81-79(78(88)77(87)75(70-83)91-81)92-76(86)69-66-63-60-57-54-51-49-47-45-43-41-38-36-34-32-30-28-26-23-20-17-14-11-8-5-2/h8,11,16-17,19-20,25-28,31-34,37-39,41,64,67,72-75,77-79,81,83-85,87-88H,4-7,9-10,12-15,18,21-24,29-30,35-36,40,42-63,65-66,68-71H2,1-3H3,(H,82,89)/b11-8-,19-16-,20-17-,27-25-,28-26-,33-31-,34-32-,39-37-,41-38-,67-64+. The number of ether oxygens (including phenoxy) is 3. The molecule has 1 aliphatic heterocycles. The monoisotopic (exact) mass is 1290 g/mol. The summed E-state index contributed by atoms with van der Waals surface area (Å²) in [6.45, 7) is 5.67. The maximum atomic E-state index is 13.5. The first-order valence-electron chi connectivity index (χ1n) is 37.8. The highest BCUT2D eigenvalue weighted by Gasteiger charge is 2.47. The molecule has 6 N–H and O–H groups in total. The fourth-order valence-electron chi connectivity index (χ4n) is 11.2. The molecule has 0 aromatic carbocycles. The molecule has 1 heterocycles. The Labute approximate surface area is 563 Å². The number of hydrogen-bond acceptors (Lipinski definition) is 10. The van der Waals surface area contributed by atoms with Gasteiger partial charge in [0.05, 0.1) is 25.4 Å². The summed E-state index contributed by atoms with van der Waals surface area (Å²) in [5, 5.41) is 57.4. The largest absolute Gasteiger partial charge is 0.454 e. The molecular formula is C81H139NO10. The van der Waals surface area contributed by atoms with Crippen LogP contribution >= 0.6 is 0 Å². The molecule has 92 heavy (non-hydrogen) atoms. The molecule has 1 rings (SSSR count). The first kappa shape index (κ1) is 86.1. The maximum Gasteiger partial charge on any atom is 0.306 e. The zero-order valence-electron chi connectivity index (χ0n) is 58.9. The number of carbonyl (C=O) groups is 2. The lowest BCUT2D eigenvalue weighted by molar-refractivity contribution is -0.305. The molecule has 0 radical (unpaired) electrons. The molecule has 0 aromatic rings. The summed E-state index contributed by atoms with van der Waals surface area (Å²) in [6, 6.07) is -1.04. The van der Waals surface area contributed by atoms with E-state index in [4.69, 9.17) is 14.2 Å². The van der Waals surface area contributed by atoms with Crippen LogP contribution in [0, 0.1) is 0 Å². The van der Waals surface area contributed by atoms with E-state index in [0.717, 1.165) is 128 Å². The lowest BCUT2D eigenvalue weighted by Gasteiger charge is -2.41. The fraction of sp³-hybridized carbons (Fsp3) is 0.728. The van der Waals surface area contributed by atoms with E-state index in [1.807, 2.05) is 6.08 Å². The summed E-state index contributed by atoms with van der Waals surface area (Å²) in [6.07, 6.45) is 83.7. The molecule has 8 atom stereocenters. The molecule has 0 saturated carbocycles. The molecule has 0 aliphatic carbocycles. The van der Waals surface area contributed by atoms with Crippen LogP contribution in [0.15, 0.2) is 122 Å². The Kier molecular flexibility index (Phi) is 62.7. The van der Waals surface area contributed by atoms with Crippen molar-refractivity contribution in [3.8, 4) is 0 Å². The van der Waals surface area contributed by atoms with Crippen LogP contribution in [0.25, 0.3) is 0 Å². The predicted molar refractivity (Wildman–Crippen MR) is 388 cm³/mol. The van der Waals surface area contributed by atoms with Gasteiger partial charge in [0.15, 0.2) is 12.4 Å². The van der Waals surface area contributed by atoms with Gasteiger partial charge < -0.3 is 45.1 Å². The van der Waals surface area contributed by atoms with Crippen LogP contribution in [0.3, 0.4) is 0 Å². The van der Waals surface area contributed by atoms with E-state index >= 15 is 0 Å². The average molecular weight is 1290 g/mol. The van der Waals surface area contributed by atoms with Gasteiger partial charge in [-0.05, 0) is 116 Å². The number of carbonyl (C=O) groups excluding carboxylic acids is 2. The number of aliphatic hydroxyl groups is 5. The predicted octanol–water partition coefficient (Wildman–Crippen LogP) is 20.1. The van der Waals surface area contributed by atoms with E-state index in [-0.39, 0.29) is 19.4 Å². The molecule has 1 fully saturated rings. The second-order valence-electron chi connectivity index (χ2n) is 25.6. The van der Waals surface area contributed by atoms with Crippen molar-refractivity contribution in [1.82, 2.24) is 5.32 Å². The van der Waals surface area contributed by atoms with Gasteiger partial charge in [0.2, 0.25) is 5.91 Å². The highest BCUT2D eigenvalue weighted by atomic mass is 16.7. The third-order valence-corrected chi connectivity index (χ3v) is 17.1. The number of unbranched alkanes of at least 4 members (excludes halogenated alkanes) is 32. The van der Waals surface area contributed by atoms with Crippen LogP contribution in [0.2, 0.25) is 0 Å². The van der Waals surface area contributed by atoms with Crippen LogP contribution in [-0.4, -0.2) is 99.6 Å². The van der Waals surface area contributed by atoms with Crippen LogP contribution < -0.4 is 5.32 Å². The van der Waals surface area contributed by atoms with Crippen molar-refractivity contribution in [1.29, 1.82) is 0 Å². The molecule has 1 amide bonds. The molecule has 0 aromatic heterocycles. The maximum absolute atomic E-state index is 13.5. The smallest absolute Gasteiger partial charge is 0.306 e. The number of aliphatic hydroxyl groups excluding tert-OH is 5. The minimum Gasteiger partial charge on any atom is -0.454 e. The minimum absolute atomic E-state index is 0.110. The molecule has 11 heteroatoms. The number of amides is 1. The molecule has 8 unspecified atom stereocenters. The SMILES string of the molecule is CC/C=C\C/C=C\C/C=C\C/C=C\C/C=C\CCCCCCCCCCCC(=O)OC1C(OCC(NC(=O)C(O)CCCCCCCCCCCC/C=C\C/C=C\C/C=C\C/C=C\CCCCC)C(O)/C=C/CCCCCCCCCCCC)OC(CO)C(O)C1O. The van der Waals surface area contributed by atoms with Crippen LogP contribution in [0.4, 0.5) is 0 Å². The summed E-state index contributed by atoms with van der Waals surface area (Å²) in [5.74, 6) is -1.20. The third kappa shape index (κ3) is 53.3. The van der Waals surface area contributed by atoms with Crippen LogP contribution in [-0.2, 0) is 23.8 Å². The van der Waals surface area contributed by atoms with Crippen molar-refractivity contribution in [3.63, 3.8) is 0 Å². The first-order valence-corrected chi connectivity index (χ1v) is 37.8. The molecule has 1 aliphatic rings. The second-order valence-corrected chi connectivity index (χ2v) is 25.6. The Morgan fingerprint density at radius 1 is 0.435 bits per heavy atom. The van der Waals surface area contributed by atoms with Gasteiger partial charge in [-0.3, -0.25) is 9.59 Å². The number of esters is 1. The average Bonchev–Trinajstić information content (AvgIpc) is 0.875. The quantitative estimate of drug-likeness (QED) is 0.0195. The number of rotatable bonds is 64.